The molecule has 1 amide bonds. The zero-order chi connectivity index (χ0) is 46.7. The van der Waals surface area contributed by atoms with Gasteiger partial charge in [0.2, 0.25) is 11.6 Å². The molecular weight excluding hydrogens is 897 g/mol. The first kappa shape index (κ1) is 47.2. The summed E-state index contributed by atoms with van der Waals surface area (Å²) >= 11 is 0. The zero-order valence-electron chi connectivity index (χ0n) is 34.7. The zero-order valence-corrected chi connectivity index (χ0v) is 38.0. The lowest BCUT2D eigenvalue weighted by atomic mass is 9.79. The van der Waals surface area contributed by atoms with Crippen molar-refractivity contribution in [3.05, 3.63) is 95.7 Å². The monoisotopic (exact) mass is 941 g/mol. The third-order valence-corrected chi connectivity index (χ3v) is 14.9. The molecule has 2 aliphatic rings. The summed E-state index contributed by atoms with van der Waals surface area (Å²) in [5, 5.41) is 11.7. The lowest BCUT2D eigenvalue weighted by Gasteiger charge is -2.27. The minimum absolute atomic E-state index is 0.0392. The summed E-state index contributed by atoms with van der Waals surface area (Å²) < 4.78 is 141. The smallest absolute Gasteiger partial charge is 0.295 e. The van der Waals surface area contributed by atoms with Crippen molar-refractivity contribution in [2.24, 2.45) is 0 Å². The molecule has 0 radical (unpaired) electrons. The molecule has 334 valence electrons. The summed E-state index contributed by atoms with van der Waals surface area (Å²) in [5.41, 5.74) is 1.97. The summed E-state index contributed by atoms with van der Waals surface area (Å²) in [6.45, 7) is 7.76. The van der Waals surface area contributed by atoms with Gasteiger partial charge < -0.3 is 10.2 Å². The van der Waals surface area contributed by atoms with Crippen molar-refractivity contribution in [1.29, 1.82) is 5.26 Å². The molecule has 2 aliphatic heterocycles. The lowest BCUT2D eigenvalue weighted by Crippen LogP contribution is -2.27. The van der Waals surface area contributed by atoms with E-state index in [1.165, 1.54) is 24.3 Å². The van der Waals surface area contributed by atoms with Crippen LogP contribution in [0.15, 0.2) is 104 Å². The number of fused-ring (bicyclic) bond motifs is 6. The van der Waals surface area contributed by atoms with Crippen LogP contribution < -0.4 is 10.2 Å². The first-order chi connectivity index (χ1) is 29.1. The van der Waals surface area contributed by atoms with E-state index < -0.39 is 70.9 Å². The molecule has 4 aromatic carbocycles. The van der Waals surface area contributed by atoms with Crippen LogP contribution in [0, 0.1) is 11.3 Å². The number of rotatable bonds is 14. The Morgan fingerprint density at radius 2 is 1.27 bits per heavy atom. The molecule has 2 heterocycles. The summed E-state index contributed by atoms with van der Waals surface area (Å²) in [4.78, 5) is 11.3. The van der Waals surface area contributed by atoms with Gasteiger partial charge in [-0.3, -0.25) is 23.0 Å². The number of allylic oxidation sites excluding steroid dienone is 6. The number of carbonyl (C=O) groups is 1. The maximum absolute atomic E-state index is 12.5. The van der Waals surface area contributed by atoms with Crippen molar-refractivity contribution in [3.63, 3.8) is 0 Å². The van der Waals surface area contributed by atoms with Crippen molar-refractivity contribution < 1.29 is 61.3 Å². The molecule has 4 aromatic rings. The standard InChI is InChI=1S/C42H44N4O13S4/c1-41(2)36(45(5)32-17-15-28-30(39(32)41)22-26(60(48,49)50)24-34(28)62(54,55)56)12-8-6-9-13-37-42(3,4)40-31-23-27(61(51,52)53)25-35(63(57,58)59)29(31)16-18-33(40)46(37)21-11-7-10-14-38(47)44-20-19-43/h6,8-9,12-13,15-18,22-25H,7,10-11,14,20-21H2,1-5H3,(H4-,44,47,48,49,50,51,52,53,54,55,56,57,58,59)/p+1. The van der Waals surface area contributed by atoms with E-state index in [1.807, 2.05) is 55.4 Å². The van der Waals surface area contributed by atoms with Gasteiger partial charge in [-0.2, -0.15) is 43.5 Å². The van der Waals surface area contributed by atoms with E-state index in [1.54, 1.807) is 37.4 Å². The highest BCUT2D eigenvalue weighted by Crippen LogP contribution is 2.52. The highest BCUT2D eigenvalue weighted by atomic mass is 32.2. The lowest BCUT2D eigenvalue weighted by molar-refractivity contribution is -0.401. The molecule has 6 rings (SSSR count). The molecule has 0 saturated heterocycles. The Morgan fingerprint density at radius 3 is 1.81 bits per heavy atom. The average Bonchev–Trinajstić information content (AvgIpc) is 3.51. The van der Waals surface area contributed by atoms with Crippen molar-refractivity contribution in [3.8, 4) is 6.07 Å². The predicted octanol–water partition coefficient (Wildman–Crippen LogP) is 5.98. The van der Waals surface area contributed by atoms with E-state index in [9.17, 15) is 56.7 Å². The molecule has 5 N–H and O–H groups in total. The van der Waals surface area contributed by atoms with Crippen LogP contribution in [0.5, 0.6) is 0 Å². The highest BCUT2D eigenvalue weighted by molar-refractivity contribution is 7.87. The minimum Gasteiger partial charge on any atom is -0.344 e. The van der Waals surface area contributed by atoms with E-state index >= 15 is 0 Å². The number of hydrogen-bond acceptors (Lipinski definition) is 11. The van der Waals surface area contributed by atoms with E-state index in [4.69, 9.17) is 5.26 Å². The number of nitriles is 1. The number of carbonyl (C=O) groups excluding carboxylic acids is 1. The number of hydrogen-bond donors (Lipinski definition) is 5. The molecule has 0 atom stereocenters. The fraction of sp³-hybridized carbons (Fsp3) is 0.310. The van der Waals surface area contributed by atoms with E-state index in [-0.39, 0.29) is 40.4 Å². The molecule has 0 fully saturated rings. The fourth-order valence-corrected chi connectivity index (χ4v) is 11.4. The van der Waals surface area contributed by atoms with Crippen molar-refractivity contribution in [2.75, 3.05) is 25.0 Å². The second-order valence-electron chi connectivity index (χ2n) is 16.2. The van der Waals surface area contributed by atoms with Crippen molar-refractivity contribution in [2.45, 2.75) is 83.8 Å². The number of nitrogens with one attached hydrogen (secondary N) is 1. The van der Waals surface area contributed by atoms with Gasteiger partial charge in [0.05, 0.1) is 21.3 Å². The average molecular weight is 942 g/mol. The van der Waals surface area contributed by atoms with Gasteiger partial charge in [-0.25, -0.2) is 0 Å². The van der Waals surface area contributed by atoms with Gasteiger partial charge in [0.15, 0.2) is 5.71 Å². The predicted molar refractivity (Wildman–Crippen MR) is 235 cm³/mol. The second-order valence-corrected chi connectivity index (χ2v) is 21.9. The molecule has 0 unspecified atom stereocenters. The van der Waals surface area contributed by atoms with Gasteiger partial charge in [0.25, 0.3) is 40.5 Å². The third kappa shape index (κ3) is 9.08. The summed E-state index contributed by atoms with van der Waals surface area (Å²) in [5.74, 6) is -0.251. The number of anilines is 1. The van der Waals surface area contributed by atoms with E-state index in [0.717, 1.165) is 11.4 Å². The minimum atomic E-state index is -4.96. The molecular formula is C42H45N4O13S4+. The Kier molecular flexibility index (Phi) is 12.5. The Balaban J connectivity index is 1.39. The molecule has 0 spiro atoms. The molecule has 0 bridgehead atoms. The van der Waals surface area contributed by atoms with E-state index in [0.29, 0.717) is 60.4 Å². The maximum Gasteiger partial charge on any atom is 0.295 e. The van der Waals surface area contributed by atoms with Crippen LogP contribution in [0.2, 0.25) is 0 Å². The van der Waals surface area contributed by atoms with Gasteiger partial charge in [0.1, 0.15) is 23.4 Å². The topological polar surface area (TPSA) is 277 Å². The molecule has 0 saturated carbocycles. The van der Waals surface area contributed by atoms with Crippen LogP contribution in [0.3, 0.4) is 0 Å². The van der Waals surface area contributed by atoms with Gasteiger partial charge in [-0.15, -0.1) is 0 Å². The van der Waals surface area contributed by atoms with Gasteiger partial charge in [-0.05, 0) is 85.5 Å². The SMILES string of the molecule is C[N+]1=C(/C=C/C=C/C=C2/N(CCCCCC(=O)NCC#N)c3ccc4c(S(=O)(=O)O)cc(S(=O)(=O)O)cc4c3C2(C)C)C(C)(C)c2c1ccc1c(S(=O)(=O)O)cc(S(=O)(=O)O)cc21. The van der Waals surface area contributed by atoms with Gasteiger partial charge in [-0.1, -0.05) is 44.6 Å². The van der Waals surface area contributed by atoms with Crippen LogP contribution in [0.4, 0.5) is 11.4 Å². The first-order valence-electron chi connectivity index (χ1n) is 19.3. The third-order valence-electron chi connectivity index (χ3n) is 11.5. The van der Waals surface area contributed by atoms with Crippen molar-refractivity contribution >= 4 is 85.0 Å². The first-order valence-corrected chi connectivity index (χ1v) is 25.1. The molecule has 0 aliphatic carbocycles. The van der Waals surface area contributed by atoms with Gasteiger partial charge in [0, 0.05) is 58.2 Å². The molecule has 0 aromatic heterocycles. The van der Waals surface area contributed by atoms with Gasteiger partial charge >= 0.3 is 0 Å². The highest BCUT2D eigenvalue weighted by Gasteiger charge is 2.45. The molecule has 17 nitrogen and oxygen atoms in total. The van der Waals surface area contributed by atoms with Crippen LogP contribution in [0.1, 0.15) is 64.5 Å². The Morgan fingerprint density at radius 1 is 0.714 bits per heavy atom. The van der Waals surface area contributed by atoms with Crippen LogP contribution in [0.25, 0.3) is 21.5 Å². The fourth-order valence-electron chi connectivity index (χ4n) is 8.72. The van der Waals surface area contributed by atoms with Crippen molar-refractivity contribution in [1.82, 2.24) is 5.32 Å². The van der Waals surface area contributed by atoms with Crippen LogP contribution >= 0.6 is 0 Å². The summed E-state index contributed by atoms with van der Waals surface area (Å²) in [6, 6.07) is 11.8. The van der Waals surface area contributed by atoms with Crippen LogP contribution in [-0.4, -0.2) is 88.2 Å². The summed E-state index contributed by atoms with van der Waals surface area (Å²) in [7, 11) is -17.9. The Hall–Kier alpha value is -5.31. The molecule has 63 heavy (non-hydrogen) atoms. The van der Waals surface area contributed by atoms with Crippen LogP contribution in [-0.2, 0) is 56.1 Å². The Labute approximate surface area is 365 Å². The number of nitrogens with zero attached hydrogens (tertiary/aromatic N) is 3. The number of unbranched alkanes of at least 4 members (excludes halogenated alkanes) is 2. The normalized spacial score (nSPS) is 17.0. The second kappa shape index (κ2) is 16.7. The number of benzene rings is 4. The maximum atomic E-state index is 12.5. The quantitative estimate of drug-likeness (QED) is 0.0320. The largest absolute Gasteiger partial charge is 0.344 e. The summed E-state index contributed by atoms with van der Waals surface area (Å²) in [6.07, 6.45) is 10.9. The Bertz CT molecular complexity index is 3250. The number of amides is 1. The van der Waals surface area contributed by atoms with E-state index in [2.05, 4.69) is 5.32 Å². The molecule has 21 heteroatoms.